The maximum atomic E-state index is 8.30. The Morgan fingerprint density at radius 2 is 0.957 bits per heavy atom. The summed E-state index contributed by atoms with van der Waals surface area (Å²) in [5, 5.41) is 13.1. The molecule has 0 aromatic heterocycles. The second-order valence-electron chi connectivity index (χ2n) is 9.34. The lowest BCUT2D eigenvalue weighted by atomic mass is 10.1. The maximum absolute atomic E-state index is 8.30. The van der Waals surface area contributed by atoms with E-state index in [2.05, 4.69) is 30.9 Å². The van der Waals surface area contributed by atoms with E-state index in [-0.39, 0.29) is 0 Å². The van der Waals surface area contributed by atoms with Gasteiger partial charge in [0.2, 0.25) is 0 Å². The summed E-state index contributed by atoms with van der Waals surface area (Å²) in [5.74, 6) is 1.52. The highest BCUT2D eigenvalue weighted by molar-refractivity contribution is 8.33. The number of hydrogen-bond donors (Lipinski definition) is 0. The number of rotatable bonds is 24. The van der Waals surface area contributed by atoms with Crippen LogP contribution in [0.1, 0.15) is 0 Å². The van der Waals surface area contributed by atoms with Gasteiger partial charge in [-0.05, 0) is 34.0 Å². The minimum absolute atomic E-state index is 0.303. The SMILES string of the molecule is [N-]=[N+]=NCCOCCOCC1=CS/C(=C2\SC=C(COCCOCCOc3cccc4c(OCCOCCN=[N+]=[N-])cccc34)S2)S1. The molecular formula is C30H36N6O7S4. The van der Waals surface area contributed by atoms with Gasteiger partial charge in [0, 0.05) is 43.5 Å². The molecule has 4 rings (SSSR count). The number of ether oxygens (including phenoxy) is 7. The van der Waals surface area contributed by atoms with Crippen molar-refractivity contribution in [2.75, 3.05) is 92.4 Å². The van der Waals surface area contributed by atoms with Crippen molar-refractivity contribution in [3.8, 4) is 11.5 Å². The zero-order valence-electron chi connectivity index (χ0n) is 25.7. The molecule has 0 fully saturated rings. The van der Waals surface area contributed by atoms with Crippen LogP contribution in [-0.4, -0.2) is 92.4 Å². The first-order chi connectivity index (χ1) is 23.3. The van der Waals surface area contributed by atoms with Gasteiger partial charge >= 0.3 is 0 Å². The molecule has 2 aromatic rings. The molecule has 0 aliphatic carbocycles. The van der Waals surface area contributed by atoms with E-state index in [9.17, 15) is 0 Å². The Kier molecular flexibility index (Phi) is 18.0. The van der Waals surface area contributed by atoms with Crippen molar-refractivity contribution in [2.45, 2.75) is 0 Å². The topological polar surface area (TPSA) is 162 Å². The van der Waals surface area contributed by atoms with Gasteiger partial charge in [0.15, 0.2) is 0 Å². The Morgan fingerprint density at radius 1 is 0.532 bits per heavy atom. The molecule has 13 nitrogen and oxygen atoms in total. The van der Waals surface area contributed by atoms with Crippen LogP contribution in [0, 0.1) is 0 Å². The minimum Gasteiger partial charge on any atom is -0.491 e. The molecule has 17 heteroatoms. The van der Waals surface area contributed by atoms with Gasteiger partial charge in [-0.25, -0.2) is 0 Å². The van der Waals surface area contributed by atoms with E-state index < -0.39 is 0 Å². The first-order valence-electron chi connectivity index (χ1n) is 14.8. The Hall–Kier alpha value is -2.66. The van der Waals surface area contributed by atoms with Gasteiger partial charge in [-0.3, -0.25) is 0 Å². The zero-order chi connectivity index (χ0) is 32.8. The van der Waals surface area contributed by atoms with Crippen molar-refractivity contribution >= 4 is 57.8 Å². The van der Waals surface area contributed by atoms with Crippen LogP contribution in [0.3, 0.4) is 0 Å². The molecule has 0 radical (unpaired) electrons. The predicted molar refractivity (Wildman–Crippen MR) is 191 cm³/mol. The summed E-state index contributed by atoms with van der Waals surface area (Å²) >= 11 is 6.95. The van der Waals surface area contributed by atoms with E-state index in [0.29, 0.717) is 92.4 Å². The number of nitrogens with zero attached hydrogens (tertiary/aromatic N) is 6. The third-order valence-electron chi connectivity index (χ3n) is 6.05. The number of azide groups is 2. The summed E-state index contributed by atoms with van der Waals surface area (Å²) in [7, 11) is 0. The smallest absolute Gasteiger partial charge is 0.127 e. The fourth-order valence-electron chi connectivity index (χ4n) is 3.99. The molecule has 252 valence electrons. The summed E-state index contributed by atoms with van der Waals surface area (Å²) in [6.45, 7) is 6.12. The predicted octanol–water partition coefficient (Wildman–Crippen LogP) is 8.07. The fraction of sp³-hybridized carbons (Fsp3) is 0.467. The second kappa shape index (κ2) is 22.8. The van der Waals surface area contributed by atoms with Crippen LogP contribution in [0.4, 0.5) is 0 Å². The van der Waals surface area contributed by atoms with Crippen LogP contribution in [-0.2, 0) is 23.7 Å². The summed E-state index contributed by atoms with van der Waals surface area (Å²) in [6.07, 6.45) is 0. The Morgan fingerprint density at radius 3 is 1.43 bits per heavy atom. The average molecular weight is 721 g/mol. The van der Waals surface area contributed by atoms with Crippen LogP contribution >= 0.6 is 47.0 Å². The van der Waals surface area contributed by atoms with E-state index in [1.165, 1.54) is 18.3 Å². The molecule has 2 heterocycles. The molecule has 0 bridgehead atoms. The van der Waals surface area contributed by atoms with Crippen LogP contribution in [0.15, 0.2) is 75.7 Å². The van der Waals surface area contributed by atoms with E-state index in [4.69, 9.17) is 44.2 Å². The van der Waals surface area contributed by atoms with Gasteiger partial charge in [-0.2, -0.15) is 0 Å². The van der Waals surface area contributed by atoms with E-state index >= 15 is 0 Å². The molecule has 0 saturated carbocycles. The van der Waals surface area contributed by atoms with E-state index in [1.807, 2.05) is 36.4 Å². The normalized spacial score (nSPS) is 15.7. The largest absolute Gasteiger partial charge is 0.491 e. The monoisotopic (exact) mass is 720 g/mol. The molecule has 2 aliphatic rings. The van der Waals surface area contributed by atoms with Gasteiger partial charge in [0.05, 0.1) is 74.5 Å². The lowest BCUT2D eigenvalue weighted by Crippen LogP contribution is -2.11. The van der Waals surface area contributed by atoms with Crippen LogP contribution in [0.25, 0.3) is 31.7 Å². The molecule has 2 aromatic carbocycles. The lowest BCUT2D eigenvalue weighted by molar-refractivity contribution is 0.0446. The van der Waals surface area contributed by atoms with Gasteiger partial charge < -0.3 is 33.2 Å². The van der Waals surface area contributed by atoms with Gasteiger partial charge in [0.1, 0.15) is 24.7 Å². The second-order valence-corrected chi connectivity index (χ2v) is 13.9. The molecule has 0 amide bonds. The molecule has 0 N–H and O–H groups in total. The summed E-state index contributed by atoms with van der Waals surface area (Å²) in [4.78, 5) is 7.75. The number of thioether (sulfide) groups is 4. The van der Waals surface area contributed by atoms with Crippen molar-refractivity contribution in [1.29, 1.82) is 0 Å². The lowest BCUT2D eigenvalue weighted by Gasteiger charge is -2.13. The Labute approximate surface area is 290 Å². The molecule has 0 atom stereocenters. The highest BCUT2D eigenvalue weighted by Gasteiger charge is 2.22. The zero-order valence-corrected chi connectivity index (χ0v) is 29.0. The number of benzene rings is 2. The third-order valence-corrected chi connectivity index (χ3v) is 11.4. The van der Waals surface area contributed by atoms with Crippen molar-refractivity contribution in [2.24, 2.45) is 10.2 Å². The van der Waals surface area contributed by atoms with E-state index in [0.717, 1.165) is 22.3 Å². The van der Waals surface area contributed by atoms with Gasteiger partial charge in [-0.1, -0.05) is 81.5 Å². The molecule has 2 aliphatic heterocycles. The van der Waals surface area contributed by atoms with Crippen molar-refractivity contribution in [3.63, 3.8) is 0 Å². The Bertz CT molecular complexity index is 1480. The number of fused-ring (bicyclic) bond motifs is 1. The molecule has 47 heavy (non-hydrogen) atoms. The molecule has 0 unspecified atom stereocenters. The van der Waals surface area contributed by atoms with Gasteiger partial charge in [0.25, 0.3) is 0 Å². The molecule has 0 spiro atoms. The summed E-state index contributed by atoms with van der Waals surface area (Å²) in [5.41, 5.74) is 16.5. The fourth-order valence-corrected chi connectivity index (χ4v) is 8.79. The highest BCUT2D eigenvalue weighted by atomic mass is 32.2. The van der Waals surface area contributed by atoms with Crippen molar-refractivity contribution < 1.29 is 33.2 Å². The third kappa shape index (κ3) is 13.8. The summed E-state index contributed by atoms with van der Waals surface area (Å²) < 4.78 is 42.5. The first kappa shape index (κ1) is 37.2. The Balaban J connectivity index is 1.04. The number of hydrogen-bond acceptors (Lipinski definition) is 13. The summed E-state index contributed by atoms with van der Waals surface area (Å²) in [6, 6.07) is 11.7. The maximum Gasteiger partial charge on any atom is 0.127 e. The first-order valence-corrected chi connectivity index (χ1v) is 18.2. The van der Waals surface area contributed by atoms with Crippen LogP contribution in [0.5, 0.6) is 11.5 Å². The standard InChI is InChI=1S/C30H36N6O7S4/c31-35-33-7-9-37-11-13-40-19-23-21-44-29(46-23)30-45-22-24(47-30)20-41-14-12-39-16-18-43-28-6-2-3-25-26(28)4-1-5-27(25)42-17-15-38-10-8-34-36-32/h1-6,21-22H,7-20H2/b30-29-. The van der Waals surface area contributed by atoms with Crippen LogP contribution < -0.4 is 9.47 Å². The quantitative estimate of drug-likeness (QED) is 0.0446. The van der Waals surface area contributed by atoms with E-state index in [1.54, 1.807) is 47.0 Å². The van der Waals surface area contributed by atoms with Gasteiger partial charge in [-0.15, -0.1) is 0 Å². The average Bonchev–Trinajstić information content (AvgIpc) is 3.77. The highest BCUT2D eigenvalue weighted by Crippen LogP contribution is 2.55. The van der Waals surface area contributed by atoms with Crippen LogP contribution in [0.2, 0.25) is 0 Å². The van der Waals surface area contributed by atoms with Crippen molar-refractivity contribution in [3.05, 3.63) is 86.4 Å². The molecule has 0 saturated heterocycles. The minimum atomic E-state index is 0.303. The molecular weight excluding hydrogens is 685 g/mol. The van der Waals surface area contributed by atoms with Crippen molar-refractivity contribution in [1.82, 2.24) is 0 Å².